The second-order valence-corrected chi connectivity index (χ2v) is 9.29. The zero-order valence-electron chi connectivity index (χ0n) is 19.0. The first-order chi connectivity index (χ1) is 16.0. The molecule has 182 valence electrons. The number of carbonyl (C=O) groups is 1. The van der Waals surface area contributed by atoms with E-state index in [0.29, 0.717) is 30.1 Å². The van der Waals surface area contributed by atoms with Crippen LogP contribution >= 0.6 is 12.4 Å². The molecule has 1 saturated carbocycles. The summed E-state index contributed by atoms with van der Waals surface area (Å²) in [6, 6.07) is 9.64. The molecular formula is C26H30ClF2N3O2. The Balaban J connectivity index is 0.00000274. The standard InChI is InChI=1S/C26H29F2N3O2.ClH/c27-19-5-8-24-18(13-19)9-12-30(24)10-1-2-11-31(15-17-3-4-17)20-14-22-21(26(29)32)6-7-23(28)25(22)33-16-20;/h5-9,12-13,17,20H,1-4,10-11,14-16H2,(H2,29,32);1H. The van der Waals surface area contributed by atoms with Crippen molar-refractivity contribution >= 4 is 29.2 Å². The molecule has 2 aromatic carbocycles. The number of amides is 1. The van der Waals surface area contributed by atoms with Gasteiger partial charge in [0.25, 0.3) is 0 Å². The Kier molecular flexibility index (Phi) is 7.43. The third-order valence-corrected chi connectivity index (χ3v) is 6.87. The van der Waals surface area contributed by atoms with Gasteiger partial charge in [-0.2, -0.15) is 0 Å². The Hall–Kier alpha value is -2.64. The van der Waals surface area contributed by atoms with Gasteiger partial charge in [-0.3, -0.25) is 9.69 Å². The maximum atomic E-state index is 14.3. The van der Waals surface area contributed by atoms with Crippen molar-refractivity contribution in [2.75, 3.05) is 19.7 Å². The molecule has 1 unspecified atom stereocenters. The maximum Gasteiger partial charge on any atom is 0.249 e. The molecule has 0 spiro atoms. The van der Waals surface area contributed by atoms with Crippen molar-refractivity contribution in [1.82, 2.24) is 9.47 Å². The molecule has 2 aliphatic rings. The molecule has 34 heavy (non-hydrogen) atoms. The summed E-state index contributed by atoms with van der Waals surface area (Å²) in [5.41, 5.74) is 7.52. The van der Waals surface area contributed by atoms with E-state index >= 15 is 0 Å². The van der Waals surface area contributed by atoms with Crippen molar-refractivity contribution in [3.8, 4) is 5.75 Å². The van der Waals surface area contributed by atoms with Crippen LogP contribution in [0.1, 0.15) is 41.6 Å². The van der Waals surface area contributed by atoms with Gasteiger partial charge in [0.05, 0.1) is 0 Å². The number of aryl methyl sites for hydroxylation is 1. The molecule has 1 aliphatic heterocycles. The van der Waals surface area contributed by atoms with Gasteiger partial charge in [0, 0.05) is 47.4 Å². The second-order valence-electron chi connectivity index (χ2n) is 9.29. The number of hydrogen-bond donors (Lipinski definition) is 1. The van der Waals surface area contributed by atoms with E-state index in [2.05, 4.69) is 9.47 Å². The van der Waals surface area contributed by atoms with Gasteiger partial charge < -0.3 is 15.0 Å². The van der Waals surface area contributed by atoms with Crippen LogP contribution in [0.25, 0.3) is 10.9 Å². The number of benzene rings is 2. The van der Waals surface area contributed by atoms with Crippen molar-refractivity contribution in [3.63, 3.8) is 0 Å². The van der Waals surface area contributed by atoms with Gasteiger partial charge in [-0.15, -0.1) is 12.4 Å². The van der Waals surface area contributed by atoms with Crippen LogP contribution in [0.15, 0.2) is 42.6 Å². The number of nitrogens with zero attached hydrogens (tertiary/aromatic N) is 2. The highest BCUT2D eigenvalue weighted by Gasteiger charge is 2.33. The van der Waals surface area contributed by atoms with E-state index in [1.807, 2.05) is 18.3 Å². The normalized spacial score (nSPS) is 17.3. The Morgan fingerprint density at radius 3 is 2.74 bits per heavy atom. The Bertz CT molecular complexity index is 1180. The molecule has 5 nitrogen and oxygen atoms in total. The summed E-state index contributed by atoms with van der Waals surface area (Å²) in [7, 11) is 0. The highest BCUT2D eigenvalue weighted by Crippen LogP contribution is 2.35. The van der Waals surface area contributed by atoms with Crippen LogP contribution in [0.4, 0.5) is 8.78 Å². The summed E-state index contributed by atoms with van der Waals surface area (Å²) in [6.45, 7) is 3.19. The minimum Gasteiger partial charge on any atom is -0.489 e. The minimum absolute atomic E-state index is 0. The quantitative estimate of drug-likeness (QED) is 0.433. The van der Waals surface area contributed by atoms with Gasteiger partial charge in [0.1, 0.15) is 12.4 Å². The number of rotatable bonds is 9. The summed E-state index contributed by atoms with van der Waals surface area (Å²) in [5, 5.41) is 0.917. The Labute approximate surface area is 204 Å². The van der Waals surface area contributed by atoms with E-state index in [1.165, 1.54) is 31.0 Å². The number of carbonyl (C=O) groups excluding carboxylic acids is 1. The SMILES string of the molecule is Cl.NC(=O)c1ccc(F)c2c1CC(N(CCCCn1ccc3cc(F)ccc31)CC1CC1)CO2. The molecule has 1 amide bonds. The van der Waals surface area contributed by atoms with Crippen LogP contribution in [0, 0.1) is 17.6 Å². The zero-order valence-corrected chi connectivity index (χ0v) is 19.8. The number of hydrogen-bond acceptors (Lipinski definition) is 3. The van der Waals surface area contributed by atoms with Crippen molar-refractivity contribution < 1.29 is 18.3 Å². The van der Waals surface area contributed by atoms with Gasteiger partial charge >= 0.3 is 0 Å². The highest BCUT2D eigenvalue weighted by molar-refractivity contribution is 5.95. The fraction of sp³-hybridized carbons (Fsp3) is 0.423. The molecule has 0 saturated heterocycles. The van der Waals surface area contributed by atoms with Crippen LogP contribution in [0.3, 0.4) is 0 Å². The van der Waals surface area contributed by atoms with Gasteiger partial charge in [0.15, 0.2) is 11.6 Å². The van der Waals surface area contributed by atoms with Crippen molar-refractivity contribution in [2.24, 2.45) is 11.7 Å². The van der Waals surface area contributed by atoms with E-state index in [1.54, 1.807) is 6.07 Å². The van der Waals surface area contributed by atoms with E-state index < -0.39 is 11.7 Å². The maximum absolute atomic E-state index is 14.3. The molecule has 1 aliphatic carbocycles. The van der Waals surface area contributed by atoms with Crippen molar-refractivity contribution in [1.29, 1.82) is 0 Å². The van der Waals surface area contributed by atoms with Crippen LogP contribution in [-0.2, 0) is 13.0 Å². The third kappa shape index (κ3) is 5.20. The molecule has 0 radical (unpaired) electrons. The van der Waals surface area contributed by atoms with E-state index in [4.69, 9.17) is 10.5 Å². The lowest BCUT2D eigenvalue weighted by atomic mass is 9.95. The first-order valence-electron chi connectivity index (χ1n) is 11.7. The molecule has 2 heterocycles. The first-order valence-corrected chi connectivity index (χ1v) is 11.7. The van der Waals surface area contributed by atoms with Crippen molar-refractivity contribution in [3.05, 3.63) is 65.4 Å². The lowest BCUT2D eigenvalue weighted by Gasteiger charge is -2.36. The second kappa shape index (κ2) is 10.3. The topological polar surface area (TPSA) is 60.5 Å². The number of primary amides is 1. The number of unbranched alkanes of at least 4 members (excludes halogenated alkanes) is 1. The monoisotopic (exact) mass is 489 g/mol. The Morgan fingerprint density at radius 2 is 1.97 bits per heavy atom. The van der Waals surface area contributed by atoms with Gasteiger partial charge in [-0.25, -0.2) is 8.78 Å². The van der Waals surface area contributed by atoms with Crippen molar-refractivity contribution in [2.45, 2.75) is 44.7 Å². The predicted octanol–water partition coefficient (Wildman–Crippen LogP) is 4.94. The lowest BCUT2D eigenvalue weighted by Crippen LogP contribution is -2.45. The van der Waals surface area contributed by atoms with Gasteiger partial charge in [-0.05, 0) is 81.0 Å². The lowest BCUT2D eigenvalue weighted by molar-refractivity contribution is 0.0979. The smallest absolute Gasteiger partial charge is 0.249 e. The molecule has 2 N–H and O–H groups in total. The van der Waals surface area contributed by atoms with Gasteiger partial charge in [0.2, 0.25) is 5.91 Å². The minimum atomic E-state index is -0.553. The molecule has 5 rings (SSSR count). The first kappa shape index (κ1) is 24.5. The molecule has 1 atom stereocenters. The number of nitrogens with two attached hydrogens (primary N) is 1. The van der Waals surface area contributed by atoms with Crippen LogP contribution < -0.4 is 10.5 Å². The summed E-state index contributed by atoms with van der Waals surface area (Å²) in [4.78, 5) is 14.3. The van der Waals surface area contributed by atoms with Crippen LogP contribution in [0.2, 0.25) is 0 Å². The zero-order chi connectivity index (χ0) is 22.9. The van der Waals surface area contributed by atoms with Crippen LogP contribution in [-0.4, -0.2) is 41.1 Å². The number of ether oxygens (including phenoxy) is 1. The summed E-state index contributed by atoms with van der Waals surface area (Å²) in [5.74, 6) is -0.335. The van der Waals surface area contributed by atoms with E-state index in [9.17, 15) is 13.6 Å². The predicted molar refractivity (Wildman–Crippen MR) is 131 cm³/mol. The molecular weight excluding hydrogens is 460 g/mol. The van der Waals surface area contributed by atoms with E-state index in [0.717, 1.165) is 43.4 Å². The highest BCUT2D eigenvalue weighted by atomic mass is 35.5. The average molecular weight is 490 g/mol. The molecule has 8 heteroatoms. The fourth-order valence-corrected chi connectivity index (χ4v) is 4.92. The number of fused-ring (bicyclic) bond motifs is 2. The molecule has 0 bridgehead atoms. The number of halogens is 3. The Morgan fingerprint density at radius 1 is 1.15 bits per heavy atom. The number of aromatic nitrogens is 1. The fourth-order valence-electron chi connectivity index (χ4n) is 4.92. The summed E-state index contributed by atoms with van der Waals surface area (Å²) >= 11 is 0. The van der Waals surface area contributed by atoms with E-state index in [-0.39, 0.29) is 30.0 Å². The third-order valence-electron chi connectivity index (χ3n) is 6.87. The van der Waals surface area contributed by atoms with Crippen LogP contribution in [0.5, 0.6) is 5.75 Å². The molecule has 1 fully saturated rings. The summed E-state index contributed by atoms with van der Waals surface area (Å²) in [6.07, 6.45) is 7.06. The molecule has 1 aromatic heterocycles. The average Bonchev–Trinajstić information content (AvgIpc) is 3.54. The van der Waals surface area contributed by atoms with Gasteiger partial charge in [-0.1, -0.05) is 0 Å². The largest absolute Gasteiger partial charge is 0.489 e. The molecule has 3 aromatic rings. The summed E-state index contributed by atoms with van der Waals surface area (Å²) < 4.78 is 35.7.